The number of nitrogens with one attached hydrogen (secondary N) is 1. The lowest BCUT2D eigenvalue weighted by Crippen LogP contribution is -2.42. The Labute approximate surface area is 124 Å². The van der Waals surface area contributed by atoms with Crippen LogP contribution in [0, 0.1) is 5.41 Å². The molecule has 7 heteroatoms. The van der Waals surface area contributed by atoms with Crippen molar-refractivity contribution in [2.75, 3.05) is 12.4 Å². The molecule has 1 aromatic rings. The van der Waals surface area contributed by atoms with Gasteiger partial charge in [0.25, 0.3) is 0 Å². The predicted octanol–water partition coefficient (Wildman–Crippen LogP) is 1.26. The van der Waals surface area contributed by atoms with Gasteiger partial charge in [0, 0.05) is 12.4 Å². The molecule has 0 aliphatic rings. The first-order chi connectivity index (χ1) is 9.19. The van der Waals surface area contributed by atoms with Crippen molar-refractivity contribution in [1.82, 2.24) is 4.72 Å². The zero-order chi connectivity index (χ0) is 15.4. The Hall–Kier alpha value is -1.11. The quantitative estimate of drug-likeness (QED) is 0.742. The number of nitrogens with two attached hydrogens (primary N) is 1. The number of sulfonamides is 1. The van der Waals surface area contributed by atoms with Crippen LogP contribution in [-0.4, -0.2) is 26.7 Å². The van der Waals surface area contributed by atoms with Gasteiger partial charge < -0.3 is 5.73 Å². The summed E-state index contributed by atoms with van der Waals surface area (Å²) < 4.78 is 26.6. The highest BCUT2D eigenvalue weighted by molar-refractivity contribution is 7.89. The summed E-state index contributed by atoms with van der Waals surface area (Å²) in [5, 5.41) is 0. The minimum Gasteiger partial charge on any atom is -0.369 e. The van der Waals surface area contributed by atoms with Crippen molar-refractivity contribution < 1.29 is 13.2 Å². The fourth-order valence-corrected chi connectivity index (χ4v) is 2.82. The molecule has 112 valence electrons. The van der Waals surface area contributed by atoms with E-state index in [0.717, 1.165) is 5.56 Å². The minimum atomic E-state index is -3.65. The normalized spacial score (nSPS) is 12.3. The molecule has 0 spiro atoms. The number of primary amides is 1. The standard InChI is InChI=1S/C13H19ClN2O3S/c1-13(2,12(15)17)9-16-20(18,19)11-5-3-10(4-6-11)7-8-14/h3-6,16H,7-9H2,1-2H3,(H2,15,17). The molecule has 0 fully saturated rings. The number of halogens is 1. The Morgan fingerprint density at radius 1 is 1.30 bits per heavy atom. The topological polar surface area (TPSA) is 89.3 Å². The van der Waals surface area contributed by atoms with Crippen LogP contribution in [0.2, 0.25) is 0 Å². The van der Waals surface area contributed by atoms with Crippen LogP contribution in [0.3, 0.4) is 0 Å². The van der Waals surface area contributed by atoms with Crippen molar-refractivity contribution in [3.8, 4) is 0 Å². The van der Waals surface area contributed by atoms with Gasteiger partial charge in [-0.3, -0.25) is 4.79 Å². The maximum Gasteiger partial charge on any atom is 0.240 e. The van der Waals surface area contributed by atoms with E-state index in [1.165, 1.54) is 12.1 Å². The number of benzene rings is 1. The summed E-state index contributed by atoms with van der Waals surface area (Å²) in [5.74, 6) is -0.0744. The number of hydrogen-bond donors (Lipinski definition) is 2. The molecule has 3 N–H and O–H groups in total. The van der Waals surface area contributed by atoms with Gasteiger partial charge in [-0.1, -0.05) is 12.1 Å². The molecule has 0 heterocycles. The first-order valence-electron chi connectivity index (χ1n) is 6.13. The summed E-state index contributed by atoms with van der Waals surface area (Å²) in [5.41, 5.74) is 5.24. The second kappa shape index (κ2) is 6.56. The van der Waals surface area contributed by atoms with E-state index in [1.54, 1.807) is 26.0 Å². The number of rotatable bonds is 7. The molecule has 0 radical (unpaired) electrons. The van der Waals surface area contributed by atoms with Crippen LogP contribution in [-0.2, 0) is 21.2 Å². The Balaban J connectivity index is 2.81. The smallest absolute Gasteiger partial charge is 0.240 e. The molecule has 0 saturated carbocycles. The number of alkyl halides is 1. The Kier molecular flexibility index (Phi) is 5.56. The highest BCUT2D eigenvalue weighted by atomic mass is 35.5. The summed E-state index contributed by atoms with van der Waals surface area (Å²) >= 11 is 5.62. The minimum absolute atomic E-state index is 0.0475. The van der Waals surface area contributed by atoms with Gasteiger partial charge in [0.2, 0.25) is 15.9 Å². The monoisotopic (exact) mass is 318 g/mol. The van der Waals surface area contributed by atoms with Crippen LogP contribution in [0.25, 0.3) is 0 Å². The van der Waals surface area contributed by atoms with Gasteiger partial charge >= 0.3 is 0 Å². The fourth-order valence-electron chi connectivity index (χ4n) is 1.39. The molecule has 5 nitrogen and oxygen atoms in total. The third kappa shape index (κ3) is 4.47. The zero-order valence-corrected chi connectivity index (χ0v) is 13.1. The highest BCUT2D eigenvalue weighted by Crippen LogP contribution is 2.16. The first-order valence-corrected chi connectivity index (χ1v) is 8.15. The number of amides is 1. The van der Waals surface area contributed by atoms with Crippen molar-refractivity contribution in [3.05, 3.63) is 29.8 Å². The summed E-state index contributed by atoms with van der Waals surface area (Å²) in [6.07, 6.45) is 0.685. The molecule has 0 aliphatic heterocycles. The van der Waals surface area contributed by atoms with Gasteiger partial charge in [0.05, 0.1) is 10.3 Å². The van der Waals surface area contributed by atoms with E-state index in [-0.39, 0.29) is 11.4 Å². The van der Waals surface area contributed by atoms with Gasteiger partial charge in [0.1, 0.15) is 0 Å². The van der Waals surface area contributed by atoms with Crippen LogP contribution in [0.4, 0.5) is 0 Å². The number of hydrogen-bond acceptors (Lipinski definition) is 3. The summed E-state index contributed by atoms with van der Waals surface area (Å²) in [6.45, 7) is 3.12. The molecular formula is C13H19ClN2O3S. The van der Waals surface area contributed by atoms with E-state index in [4.69, 9.17) is 17.3 Å². The maximum atomic E-state index is 12.1. The van der Waals surface area contributed by atoms with E-state index in [9.17, 15) is 13.2 Å². The SMILES string of the molecule is CC(C)(CNS(=O)(=O)c1ccc(CCCl)cc1)C(N)=O. The molecule has 0 bridgehead atoms. The number of carbonyl (C=O) groups is 1. The van der Waals surface area contributed by atoms with Crippen LogP contribution < -0.4 is 10.5 Å². The van der Waals surface area contributed by atoms with Crippen molar-refractivity contribution in [2.45, 2.75) is 25.2 Å². The van der Waals surface area contributed by atoms with E-state index in [1.807, 2.05) is 0 Å². The van der Waals surface area contributed by atoms with Gasteiger partial charge in [-0.15, -0.1) is 11.6 Å². The molecule has 0 aromatic heterocycles. The zero-order valence-electron chi connectivity index (χ0n) is 11.5. The molecule has 0 saturated heterocycles. The van der Waals surface area contributed by atoms with Crippen LogP contribution in [0.15, 0.2) is 29.2 Å². The molecule has 0 aliphatic carbocycles. The van der Waals surface area contributed by atoms with Crippen molar-refractivity contribution in [2.24, 2.45) is 11.1 Å². The van der Waals surface area contributed by atoms with Crippen molar-refractivity contribution in [1.29, 1.82) is 0 Å². The lowest BCUT2D eigenvalue weighted by Gasteiger charge is -2.20. The van der Waals surface area contributed by atoms with Crippen molar-refractivity contribution in [3.63, 3.8) is 0 Å². The average Bonchev–Trinajstić information content (AvgIpc) is 2.38. The summed E-state index contributed by atoms with van der Waals surface area (Å²) in [7, 11) is -3.65. The maximum absolute atomic E-state index is 12.1. The van der Waals surface area contributed by atoms with E-state index >= 15 is 0 Å². The fraction of sp³-hybridized carbons (Fsp3) is 0.462. The summed E-state index contributed by atoms with van der Waals surface area (Å²) in [6, 6.07) is 6.47. The lowest BCUT2D eigenvalue weighted by molar-refractivity contribution is -0.125. The van der Waals surface area contributed by atoms with E-state index in [0.29, 0.717) is 12.3 Å². The van der Waals surface area contributed by atoms with Crippen molar-refractivity contribution >= 4 is 27.5 Å². The Bertz CT molecular complexity index is 568. The molecule has 1 rings (SSSR count). The molecule has 1 amide bonds. The van der Waals surface area contributed by atoms with Gasteiger partial charge in [-0.05, 0) is 38.0 Å². The highest BCUT2D eigenvalue weighted by Gasteiger charge is 2.27. The Morgan fingerprint density at radius 2 is 1.85 bits per heavy atom. The molecule has 20 heavy (non-hydrogen) atoms. The van der Waals surface area contributed by atoms with Crippen LogP contribution in [0.1, 0.15) is 19.4 Å². The first kappa shape index (κ1) is 16.9. The Morgan fingerprint density at radius 3 is 2.30 bits per heavy atom. The second-order valence-corrected chi connectivity index (χ2v) is 7.30. The van der Waals surface area contributed by atoms with Crippen LogP contribution >= 0.6 is 11.6 Å². The number of carbonyl (C=O) groups excluding carboxylic acids is 1. The van der Waals surface area contributed by atoms with Gasteiger partial charge in [-0.2, -0.15) is 0 Å². The van der Waals surface area contributed by atoms with Gasteiger partial charge in [-0.25, -0.2) is 13.1 Å². The lowest BCUT2D eigenvalue weighted by atomic mass is 9.93. The van der Waals surface area contributed by atoms with Crippen LogP contribution in [0.5, 0.6) is 0 Å². The second-order valence-electron chi connectivity index (χ2n) is 5.16. The van der Waals surface area contributed by atoms with E-state index in [2.05, 4.69) is 4.72 Å². The molecule has 1 aromatic carbocycles. The van der Waals surface area contributed by atoms with E-state index < -0.39 is 21.3 Å². The number of aryl methyl sites for hydroxylation is 1. The average molecular weight is 319 g/mol. The molecule has 0 atom stereocenters. The third-order valence-corrected chi connectivity index (χ3v) is 4.59. The third-order valence-electron chi connectivity index (χ3n) is 2.99. The summed E-state index contributed by atoms with van der Waals surface area (Å²) in [4.78, 5) is 11.3. The molecular weight excluding hydrogens is 300 g/mol. The molecule has 0 unspecified atom stereocenters. The van der Waals surface area contributed by atoms with Gasteiger partial charge in [0.15, 0.2) is 0 Å². The largest absolute Gasteiger partial charge is 0.369 e. The predicted molar refractivity (Wildman–Crippen MR) is 79.0 cm³/mol.